The number of amides is 1. The first kappa shape index (κ1) is 18.4. The minimum absolute atomic E-state index is 0.0662. The van der Waals surface area contributed by atoms with E-state index in [-0.39, 0.29) is 18.9 Å². The van der Waals surface area contributed by atoms with Crippen LogP contribution in [-0.2, 0) is 21.4 Å². The predicted molar refractivity (Wildman–Crippen MR) is 97.9 cm³/mol. The molecule has 0 radical (unpaired) electrons. The van der Waals surface area contributed by atoms with Crippen LogP contribution in [-0.4, -0.2) is 20.9 Å². The average molecular weight is 364 g/mol. The highest BCUT2D eigenvalue weighted by Gasteiger charge is 2.08. The maximum Gasteiger partial charge on any atom is 0.233 e. The Morgan fingerprint density at radius 3 is 2.62 bits per heavy atom. The number of benzene rings is 1. The lowest BCUT2D eigenvalue weighted by atomic mass is 10.2. The van der Waals surface area contributed by atoms with Gasteiger partial charge in [0.05, 0.1) is 6.54 Å². The Bertz CT molecular complexity index is 796. The standard InChI is InChI=1S/C17H20N2O3S2/c1-14-8-11-23-16(14)13-18-17(20)7-10-19-24(21,22)12-9-15-5-3-2-4-6-15/h2-6,8-9,11-12,19H,7,10,13H2,1H3,(H,18,20)/b12-9+. The zero-order valence-electron chi connectivity index (χ0n) is 13.4. The SMILES string of the molecule is Cc1ccsc1CNC(=O)CCNS(=O)(=O)/C=C/c1ccccc1. The maximum atomic E-state index is 11.8. The van der Waals surface area contributed by atoms with E-state index in [0.717, 1.165) is 21.4 Å². The minimum Gasteiger partial charge on any atom is -0.351 e. The normalized spacial score (nSPS) is 11.7. The summed E-state index contributed by atoms with van der Waals surface area (Å²) in [5, 5.41) is 5.87. The molecule has 7 heteroatoms. The lowest BCUT2D eigenvalue weighted by Gasteiger charge is -2.05. The molecule has 0 saturated heterocycles. The molecule has 128 valence electrons. The first-order chi connectivity index (χ1) is 11.5. The number of carbonyl (C=O) groups excluding carboxylic acids is 1. The summed E-state index contributed by atoms with van der Waals surface area (Å²) in [4.78, 5) is 12.9. The summed E-state index contributed by atoms with van der Waals surface area (Å²) >= 11 is 1.59. The van der Waals surface area contributed by atoms with Crippen LogP contribution in [0.2, 0.25) is 0 Å². The summed E-state index contributed by atoms with van der Waals surface area (Å²) < 4.78 is 26.1. The molecular formula is C17H20N2O3S2. The highest BCUT2D eigenvalue weighted by molar-refractivity contribution is 7.92. The monoisotopic (exact) mass is 364 g/mol. The molecule has 0 aliphatic heterocycles. The number of rotatable bonds is 8. The lowest BCUT2D eigenvalue weighted by molar-refractivity contribution is -0.121. The molecule has 0 saturated carbocycles. The fraction of sp³-hybridized carbons (Fsp3) is 0.235. The van der Waals surface area contributed by atoms with Crippen molar-refractivity contribution in [1.29, 1.82) is 0 Å². The molecule has 2 rings (SSSR count). The molecule has 1 aromatic heterocycles. The molecule has 0 bridgehead atoms. The second-order valence-electron chi connectivity index (χ2n) is 5.21. The average Bonchev–Trinajstić information content (AvgIpc) is 2.97. The molecule has 2 aromatic rings. The van der Waals surface area contributed by atoms with E-state index in [1.165, 1.54) is 6.08 Å². The zero-order valence-corrected chi connectivity index (χ0v) is 15.0. The predicted octanol–water partition coefficient (Wildman–Crippen LogP) is 2.65. The largest absolute Gasteiger partial charge is 0.351 e. The Morgan fingerprint density at radius 1 is 1.21 bits per heavy atom. The minimum atomic E-state index is -3.55. The molecule has 2 N–H and O–H groups in total. The molecular weight excluding hydrogens is 344 g/mol. The summed E-state index contributed by atoms with van der Waals surface area (Å²) in [6.07, 6.45) is 1.62. The van der Waals surface area contributed by atoms with Crippen LogP contribution in [0, 0.1) is 6.92 Å². The molecule has 1 heterocycles. The number of hydrogen-bond donors (Lipinski definition) is 2. The van der Waals surface area contributed by atoms with Crippen LogP contribution >= 0.6 is 11.3 Å². The first-order valence-corrected chi connectivity index (χ1v) is 9.91. The molecule has 24 heavy (non-hydrogen) atoms. The van der Waals surface area contributed by atoms with Crippen molar-refractivity contribution in [3.8, 4) is 0 Å². The summed E-state index contributed by atoms with van der Waals surface area (Å²) in [5.74, 6) is -0.183. The Kier molecular flexibility index (Phi) is 6.72. The van der Waals surface area contributed by atoms with Crippen molar-refractivity contribution in [1.82, 2.24) is 10.0 Å². The Hall–Kier alpha value is -1.96. The van der Waals surface area contributed by atoms with Gasteiger partial charge in [-0.1, -0.05) is 30.3 Å². The lowest BCUT2D eigenvalue weighted by Crippen LogP contribution is -2.29. The third kappa shape index (κ3) is 6.27. The number of hydrogen-bond acceptors (Lipinski definition) is 4. The quantitative estimate of drug-likeness (QED) is 0.756. The van der Waals surface area contributed by atoms with Gasteiger partial charge in [-0.3, -0.25) is 4.79 Å². The first-order valence-electron chi connectivity index (χ1n) is 7.49. The van der Waals surface area contributed by atoms with Crippen molar-refractivity contribution < 1.29 is 13.2 Å². The molecule has 0 fully saturated rings. The molecule has 1 amide bonds. The Labute approximate surface area is 146 Å². The highest BCUT2D eigenvalue weighted by Crippen LogP contribution is 2.14. The van der Waals surface area contributed by atoms with Gasteiger partial charge in [0.1, 0.15) is 0 Å². The van der Waals surface area contributed by atoms with Gasteiger partial charge in [-0.05, 0) is 35.6 Å². The highest BCUT2D eigenvalue weighted by atomic mass is 32.2. The number of carbonyl (C=O) groups is 1. The molecule has 0 unspecified atom stereocenters. The van der Waals surface area contributed by atoms with Gasteiger partial charge in [-0.2, -0.15) is 0 Å². The third-order valence-corrected chi connectivity index (χ3v) is 5.43. The Morgan fingerprint density at radius 2 is 1.96 bits per heavy atom. The van der Waals surface area contributed by atoms with Gasteiger partial charge < -0.3 is 5.32 Å². The molecule has 0 spiro atoms. The van der Waals surface area contributed by atoms with Gasteiger partial charge in [0, 0.05) is 23.3 Å². The fourth-order valence-electron chi connectivity index (χ4n) is 1.94. The summed E-state index contributed by atoms with van der Waals surface area (Å²) in [5.41, 5.74) is 1.94. The van der Waals surface area contributed by atoms with Crippen molar-refractivity contribution in [3.63, 3.8) is 0 Å². The van der Waals surface area contributed by atoms with Crippen LogP contribution in [0.3, 0.4) is 0 Å². The zero-order chi connectivity index (χ0) is 17.4. The molecule has 0 atom stereocenters. The molecule has 0 aliphatic carbocycles. The second kappa shape index (κ2) is 8.77. The van der Waals surface area contributed by atoms with Crippen LogP contribution < -0.4 is 10.0 Å². The maximum absolute atomic E-state index is 11.8. The fourth-order valence-corrected chi connectivity index (χ4v) is 3.60. The van der Waals surface area contributed by atoms with Crippen molar-refractivity contribution in [2.75, 3.05) is 6.54 Å². The van der Waals surface area contributed by atoms with E-state index in [1.807, 2.05) is 48.7 Å². The van der Waals surface area contributed by atoms with Crippen molar-refractivity contribution in [3.05, 3.63) is 63.2 Å². The van der Waals surface area contributed by atoms with Crippen molar-refractivity contribution in [2.45, 2.75) is 19.9 Å². The van der Waals surface area contributed by atoms with Crippen molar-refractivity contribution in [2.24, 2.45) is 0 Å². The van der Waals surface area contributed by atoms with Gasteiger partial charge in [-0.15, -0.1) is 11.3 Å². The van der Waals surface area contributed by atoms with E-state index in [4.69, 9.17) is 0 Å². The van der Waals surface area contributed by atoms with E-state index in [2.05, 4.69) is 10.0 Å². The van der Waals surface area contributed by atoms with E-state index in [1.54, 1.807) is 11.3 Å². The number of aryl methyl sites for hydroxylation is 1. The second-order valence-corrected chi connectivity index (χ2v) is 7.86. The van der Waals surface area contributed by atoms with E-state index in [9.17, 15) is 13.2 Å². The third-order valence-electron chi connectivity index (χ3n) is 3.31. The van der Waals surface area contributed by atoms with Crippen molar-refractivity contribution >= 4 is 33.3 Å². The van der Waals surface area contributed by atoms with Crippen LogP contribution in [0.25, 0.3) is 6.08 Å². The summed E-state index contributed by atoms with van der Waals surface area (Å²) in [7, 11) is -3.55. The smallest absolute Gasteiger partial charge is 0.233 e. The molecule has 1 aromatic carbocycles. The Balaban J connectivity index is 1.73. The molecule has 5 nitrogen and oxygen atoms in total. The van der Waals surface area contributed by atoms with Crippen LogP contribution in [0.15, 0.2) is 47.2 Å². The van der Waals surface area contributed by atoms with E-state index < -0.39 is 10.0 Å². The van der Waals surface area contributed by atoms with Gasteiger partial charge >= 0.3 is 0 Å². The topological polar surface area (TPSA) is 75.3 Å². The van der Waals surface area contributed by atoms with E-state index >= 15 is 0 Å². The van der Waals surface area contributed by atoms with Gasteiger partial charge in [-0.25, -0.2) is 13.1 Å². The van der Waals surface area contributed by atoms with Crippen LogP contribution in [0.1, 0.15) is 22.4 Å². The van der Waals surface area contributed by atoms with Gasteiger partial charge in [0.2, 0.25) is 15.9 Å². The van der Waals surface area contributed by atoms with E-state index in [0.29, 0.717) is 6.54 Å². The molecule has 0 aliphatic rings. The van der Waals surface area contributed by atoms with Gasteiger partial charge in [0.25, 0.3) is 0 Å². The van der Waals surface area contributed by atoms with Crippen LogP contribution in [0.5, 0.6) is 0 Å². The summed E-state index contributed by atoms with van der Waals surface area (Å²) in [6.45, 7) is 2.53. The summed E-state index contributed by atoms with van der Waals surface area (Å²) in [6, 6.07) is 11.1. The van der Waals surface area contributed by atoms with Crippen LogP contribution in [0.4, 0.5) is 0 Å². The van der Waals surface area contributed by atoms with Gasteiger partial charge in [0.15, 0.2) is 0 Å². The number of nitrogens with one attached hydrogen (secondary N) is 2. The number of thiophene rings is 1. The number of sulfonamides is 1.